The molecule has 1 rings (SSSR count). The molecule has 1 heterocycles. The van der Waals surface area contributed by atoms with Crippen molar-refractivity contribution in [2.45, 2.75) is 59.0 Å². The van der Waals surface area contributed by atoms with Gasteiger partial charge in [0.1, 0.15) is 0 Å². The summed E-state index contributed by atoms with van der Waals surface area (Å²) in [6, 6.07) is 0. The van der Waals surface area contributed by atoms with Crippen LogP contribution in [0.1, 0.15) is 46.0 Å². The fraction of sp³-hybridized carbons (Fsp3) is 0.692. The molecule has 0 aliphatic rings. The van der Waals surface area contributed by atoms with E-state index in [9.17, 15) is 9.59 Å². The van der Waals surface area contributed by atoms with E-state index in [1.54, 1.807) is 10.8 Å². The van der Waals surface area contributed by atoms with E-state index in [0.717, 1.165) is 32.1 Å². The van der Waals surface area contributed by atoms with Gasteiger partial charge < -0.3 is 0 Å². The van der Waals surface area contributed by atoms with Crippen LogP contribution < -0.4 is 11.2 Å². The van der Waals surface area contributed by atoms with Crippen LogP contribution >= 0.6 is 22.6 Å². The number of hydrogen-bond acceptors (Lipinski definition) is 2. The van der Waals surface area contributed by atoms with Gasteiger partial charge in [0.05, 0.1) is 3.57 Å². The molecule has 0 amide bonds. The minimum Gasteiger partial charge on any atom is -0.299 e. The Morgan fingerprint density at radius 3 is 2.39 bits per heavy atom. The predicted octanol–water partition coefficient (Wildman–Crippen LogP) is 2.60. The van der Waals surface area contributed by atoms with E-state index in [4.69, 9.17) is 0 Å². The summed E-state index contributed by atoms with van der Waals surface area (Å²) in [4.78, 5) is 24.1. The summed E-state index contributed by atoms with van der Waals surface area (Å²) < 4.78 is 3.65. The van der Waals surface area contributed by atoms with Crippen molar-refractivity contribution >= 4 is 22.6 Å². The van der Waals surface area contributed by atoms with Crippen LogP contribution in [0.2, 0.25) is 0 Å². The van der Waals surface area contributed by atoms with Crippen LogP contribution in [0, 0.1) is 3.57 Å². The number of rotatable bonds is 7. The van der Waals surface area contributed by atoms with Gasteiger partial charge in [-0.05, 0) is 35.4 Å². The molecule has 0 aromatic carbocycles. The molecule has 0 saturated carbocycles. The number of halogens is 1. The topological polar surface area (TPSA) is 44.0 Å². The van der Waals surface area contributed by atoms with Gasteiger partial charge >= 0.3 is 5.69 Å². The Morgan fingerprint density at radius 1 is 1.06 bits per heavy atom. The second-order valence-corrected chi connectivity index (χ2v) is 5.63. The van der Waals surface area contributed by atoms with Crippen molar-refractivity contribution in [3.8, 4) is 0 Å². The number of unbranched alkanes of at least 4 members (excludes halogenated alkanes) is 3. The number of hydrogen-bond donors (Lipinski definition) is 0. The van der Waals surface area contributed by atoms with Gasteiger partial charge in [-0.2, -0.15) is 0 Å². The second-order valence-electron chi connectivity index (χ2n) is 4.47. The minimum atomic E-state index is -0.168. The van der Waals surface area contributed by atoms with Crippen LogP contribution in [-0.4, -0.2) is 9.13 Å². The van der Waals surface area contributed by atoms with Crippen LogP contribution in [0.3, 0.4) is 0 Å². The third kappa shape index (κ3) is 3.96. The first kappa shape index (κ1) is 15.5. The number of aromatic nitrogens is 2. The summed E-state index contributed by atoms with van der Waals surface area (Å²) in [5.74, 6) is 0. The average molecular weight is 364 g/mol. The minimum absolute atomic E-state index is 0.149. The molecule has 5 heteroatoms. The van der Waals surface area contributed by atoms with Crippen molar-refractivity contribution in [2.24, 2.45) is 0 Å². The third-order valence-electron chi connectivity index (χ3n) is 2.90. The molecule has 1 aromatic heterocycles. The van der Waals surface area contributed by atoms with Crippen molar-refractivity contribution in [2.75, 3.05) is 0 Å². The molecular weight excluding hydrogens is 343 g/mol. The highest BCUT2D eigenvalue weighted by atomic mass is 127. The lowest BCUT2D eigenvalue weighted by atomic mass is 10.2. The summed E-state index contributed by atoms with van der Waals surface area (Å²) in [7, 11) is 0. The van der Waals surface area contributed by atoms with Crippen molar-refractivity contribution in [1.29, 1.82) is 0 Å². The Balaban J connectivity index is 2.94. The Morgan fingerprint density at radius 2 is 1.78 bits per heavy atom. The van der Waals surface area contributed by atoms with Gasteiger partial charge in [-0.3, -0.25) is 13.9 Å². The van der Waals surface area contributed by atoms with Crippen LogP contribution in [0.5, 0.6) is 0 Å². The molecule has 0 aliphatic carbocycles. The van der Waals surface area contributed by atoms with Gasteiger partial charge in [0.15, 0.2) is 0 Å². The highest BCUT2D eigenvalue weighted by molar-refractivity contribution is 14.1. The molecule has 0 aliphatic heterocycles. The van der Waals surface area contributed by atoms with Gasteiger partial charge in [0.2, 0.25) is 0 Å². The van der Waals surface area contributed by atoms with Crippen LogP contribution in [0.25, 0.3) is 0 Å². The predicted molar refractivity (Wildman–Crippen MR) is 82.1 cm³/mol. The second kappa shape index (κ2) is 7.76. The van der Waals surface area contributed by atoms with Crippen LogP contribution in [0.4, 0.5) is 0 Å². The molecule has 0 bridgehead atoms. The van der Waals surface area contributed by atoms with Crippen molar-refractivity contribution < 1.29 is 0 Å². The zero-order chi connectivity index (χ0) is 13.5. The summed E-state index contributed by atoms with van der Waals surface area (Å²) in [6.45, 7) is 5.38. The molecular formula is C13H21IN2O2. The van der Waals surface area contributed by atoms with Crippen molar-refractivity contribution in [3.05, 3.63) is 30.6 Å². The van der Waals surface area contributed by atoms with E-state index in [-0.39, 0.29) is 11.2 Å². The number of nitrogens with zero attached hydrogens (tertiary/aromatic N) is 2. The summed E-state index contributed by atoms with van der Waals surface area (Å²) in [6.07, 6.45) is 6.83. The van der Waals surface area contributed by atoms with E-state index >= 15 is 0 Å². The molecule has 0 radical (unpaired) electrons. The molecule has 0 saturated heterocycles. The Kier molecular flexibility index (Phi) is 6.67. The highest BCUT2D eigenvalue weighted by Gasteiger charge is 2.08. The lowest BCUT2D eigenvalue weighted by Crippen LogP contribution is -2.40. The van der Waals surface area contributed by atoms with E-state index in [1.165, 1.54) is 4.57 Å². The third-order valence-corrected chi connectivity index (χ3v) is 3.63. The Bertz CT molecular complexity index is 491. The van der Waals surface area contributed by atoms with Crippen molar-refractivity contribution in [3.63, 3.8) is 0 Å². The van der Waals surface area contributed by atoms with E-state index in [1.807, 2.05) is 29.5 Å². The molecule has 0 N–H and O–H groups in total. The number of aryl methyl sites for hydroxylation is 1. The first-order chi connectivity index (χ1) is 8.61. The first-order valence-electron chi connectivity index (χ1n) is 6.61. The Hall–Kier alpha value is -0.590. The van der Waals surface area contributed by atoms with Gasteiger partial charge in [-0.1, -0.05) is 33.1 Å². The lowest BCUT2D eigenvalue weighted by molar-refractivity contribution is 0.508. The maximum absolute atomic E-state index is 12.1. The molecule has 0 fully saturated rings. The van der Waals surface area contributed by atoms with E-state index < -0.39 is 0 Å². The zero-order valence-electron chi connectivity index (χ0n) is 11.1. The molecule has 0 spiro atoms. The highest BCUT2D eigenvalue weighted by Crippen LogP contribution is 2.01. The fourth-order valence-corrected chi connectivity index (χ4v) is 2.54. The normalized spacial score (nSPS) is 10.8. The molecule has 0 atom stereocenters. The van der Waals surface area contributed by atoms with Gasteiger partial charge in [-0.15, -0.1) is 0 Å². The standard InChI is InChI=1S/C13H21IN2O2/c1-3-5-6-7-9-16-12(17)11(14)10-15(8-4-2)13(16)18/h10H,3-9H2,1-2H3. The smallest absolute Gasteiger partial charge is 0.299 e. The fourth-order valence-electron chi connectivity index (χ4n) is 1.91. The quantitative estimate of drug-likeness (QED) is 0.552. The summed E-state index contributed by atoms with van der Waals surface area (Å²) >= 11 is 2.01. The maximum Gasteiger partial charge on any atom is 0.331 e. The van der Waals surface area contributed by atoms with Crippen molar-refractivity contribution in [1.82, 2.24) is 9.13 Å². The van der Waals surface area contributed by atoms with Crippen LogP contribution in [-0.2, 0) is 13.1 Å². The summed E-state index contributed by atoms with van der Waals surface area (Å²) in [5, 5.41) is 0. The molecule has 4 nitrogen and oxygen atoms in total. The van der Waals surface area contributed by atoms with E-state index in [0.29, 0.717) is 16.7 Å². The maximum atomic E-state index is 12.1. The van der Waals surface area contributed by atoms with E-state index in [2.05, 4.69) is 6.92 Å². The van der Waals surface area contributed by atoms with Gasteiger partial charge in [0, 0.05) is 19.3 Å². The van der Waals surface area contributed by atoms with Crippen LogP contribution in [0.15, 0.2) is 15.8 Å². The largest absolute Gasteiger partial charge is 0.331 e. The monoisotopic (exact) mass is 364 g/mol. The SMILES string of the molecule is CCCCCCn1c(=O)c(I)cn(CCC)c1=O. The first-order valence-corrected chi connectivity index (χ1v) is 7.69. The molecule has 1 aromatic rings. The zero-order valence-corrected chi connectivity index (χ0v) is 13.3. The molecule has 18 heavy (non-hydrogen) atoms. The van der Waals surface area contributed by atoms with Gasteiger partial charge in [0.25, 0.3) is 5.56 Å². The molecule has 102 valence electrons. The van der Waals surface area contributed by atoms with Gasteiger partial charge in [-0.25, -0.2) is 4.79 Å². The summed E-state index contributed by atoms with van der Waals surface area (Å²) in [5.41, 5.74) is -0.316. The lowest BCUT2D eigenvalue weighted by Gasteiger charge is -2.10. The molecule has 0 unspecified atom stereocenters. The Labute approximate surface area is 121 Å². The average Bonchev–Trinajstić information content (AvgIpc) is 2.35.